The summed E-state index contributed by atoms with van der Waals surface area (Å²) >= 11 is 0. The molecular weight excluding hydrogens is 381 g/mol. The van der Waals surface area contributed by atoms with Gasteiger partial charge in [0.05, 0.1) is 4.90 Å². The first-order valence-corrected chi connectivity index (χ1v) is 9.63. The largest absolute Gasteiger partial charge is 0.315 e. The molecule has 140 valence electrons. The van der Waals surface area contributed by atoms with E-state index in [1.54, 1.807) is 28.8 Å². The summed E-state index contributed by atoms with van der Waals surface area (Å²) in [5.41, 5.74) is 0. The molecule has 1 aromatic carbocycles. The highest BCUT2D eigenvalue weighted by atomic mass is 35.5. The number of aromatic nitrogens is 1. The summed E-state index contributed by atoms with van der Waals surface area (Å²) in [7, 11) is -3.48. The second-order valence-corrected chi connectivity index (χ2v) is 7.86. The highest BCUT2D eigenvalue weighted by molar-refractivity contribution is 7.89. The van der Waals surface area contributed by atoms with Gasteiger partial charge >= 0.3 is 0 Å². The van der Waals surface area contributed by atoms with Crippen LogP contribution >= 0.6 is 24.8 Å². The second-order valence-electron chi connectivity index (χ2n) is 5.97. The number of pyridine rings is 1. The lowest BCUT2D eigenvalue weighted by molar-refractivity contribution is 0.279. The van der Waals surface area contributed by atoms with Crippen molar-refractivity contribution in [3.63, 3.8) is 0 Å². The molecule has 1 aromatic heterocycles. The monoisotopic (exact) mass is 405 g/mol. The first kappa shape index (κ1) is 22.1. The predicted molar refractivity (Wildman–Crippen MR) is 106 cm³/mol. The maximum Gasteiger partial charge on any atom is 0.243 e. The molecule has 0 aliphatic carbocycles. The third-order valence-corrected chi connectivity index (χ3v) is 6.41. The molecule has 1 unspecified atom stereocenters. The summed E-state index contributed by atoms with van der Waals surface area (Å²) in [6, 6.07) is 7.14. The van der Waals surface area contributed by atoms with E-state index < -0.39 is 10.0 Å². The van der Waals surface area contributed by atoms with E-state index in [-0.39, 0.29) is 30.9 Å². The lowest BCUT2D eigenvalue weighted by Gasteiger charge is -2.32. The molecule has 0 radical (unpaired) electrons. The number of fused-ring (bicyclic) bond motifs is 1. The molecule has 1 saturated heterocycles. The minimum atomic E-state index is -3.48. The van der Waals surface area contributed by atoms with Crippen LogP contribution in [-0.4, -0.2) is 43.4 Å². The molecule has 0 saturated carbocycles. The first-order chi connectivity index (χ1) is 11.1. The average molecular weight is 406 g/mol. The van der Waals surface area contributed by atoms with E-state index >= 15 is 0 Å². The average Bonchev–Trinajstić information content (AvgIpc) is 2.54. The van der Waals surface area contributed by atoms with E-state index in [1.165, 1.54) is 0 Å². The SMILES string of the molecule is CCC1CNCCCCN1S(=O)(=O)c1ccc2cnccc2c1.Cl.Cl. The molecule has 25 heavy (non-hydrogen) atoms. The number of nitrogens with one attached hydrogen (secondary N) is 1. The van der Waals surface area contributed by atoms with Crippen molar-refractivity contribution in [1.29, 1.82) is 0 Å². The maximum atomic E-state index is 13.1. The Bertz CT molecular complexity index is 786. The molecule has 1 fully saturated rings. The molecule has 0 amide bonds. The van der Waals surface area contributed by atoms with Crippen molar-refractivity contribution >= 4 is 45.6 Å². The Morgan fingerprint density at radius 1 is 1.20 bits per heavy atom. The zero-order valence-corrected chi connectivity index (χ0v) is 16.7. The number of hydrogen-bond acceptors (Lipinski definition) is 4. The molecule has 1 N–H and O–H groups in total. The Balaban J connectivity index is 0.00000156. The van der Waals surface area contributed by atoms with Crippen molar-refractivity contribution in [2.24, 2.45) is 0 Å². The van der Waals surface area contributed by atoms with Crippen LogP contribution < -0.4 is 5.32 Å². The van der Waals surface area contributed by atoms with E-state index in [0.717, 1.165) is 36.6 Å². The van der Waals surface area contributed by atoms with Crippen molar-refractivity contribution in [3.05, 3.63) is 36.7 Å². The third-order valence-electron chi connectivity index (χ3n) is 4.46. The Morgan fingerprint density at radius 3 is 2.76 bits per heavy atom. The summed E-state index contributed by atoms with van der Waals surface area (Å²) in [6.45, 7) is 4.32. The van der Waals surface area contributed by atoms with Crippen LogP contribution in [0.3, 0.4) is 0 Å². The summed E-state index contributed by atoms with van der Waals surface area (Å²) in [6.07, 6.45) is 6.14. The first-order valence-electron chi connectivity index (χ1n) is 8.19. The van der Waals surface area contributed by atoms with E-state index in [0.29, 0.717) is 18.0 Å². The fourth-order valence-electron chi connectivity index (χ4n) is 3.09. The third kappa shape index (κ3) is 4.83. The lowest BCUT2D eigenvalue weighted by Crippen LogP contribution is -2.47. The number of rotatable bonds is 3. The minimum absolute atomic E-state index is 0. The highest BCUT2D eigenvalue weighted by Gasteiger charge is 2.30. The van der Waals surface area contributed by atoms with E-state index in [4.69, 9.17) is 0 Å². The fourth-order valence-corrected chi connectivity index (χ4v) is 4.86. The van der Waals surface area contributed by atoms with E-state index in [1.807, 2.05) is 19.1 Å². The Kier molecular flexibility index (Phi) is 8.57. The van der Waals surface area contributed by atoms with Crippen molar-refractivity contribution < 1.29 is 8.42 Å². The van der Waals surface area contributed by atoms with Crippen LogP contribution in [0, 0.1) is 0 Å². The number of halogens is 2. The van der Waals surface area contributed by atoms with Gasteiger partial charge in [0.25, 0.3) is 0 Å². The van der Waals surface area contributed by atoms with Gasteiger partial charge in [-0.15, -0.1) is 24.8 Å². The van der Waals surface area contributed by atoms with Gasteiger partial charge in [0, 0.05) is 36.9 Å². The van der Waals surface area contributed by atoms with Gasteiger partial charge in [-0.05, 0) is 49.4 Å². The van der Waals surface area contributed by atoms with Crippen LogP contribution in [0.4, 0.5) is 0 Å². The minimum Gasteiger partial charge on any atom is -0.315 e. The van der Waals surface area contributed by atoms with Crippen LogP contribution in [0.25, 0.3) is 10.8 Å². The molecular formula is C17H25Cl2N3O2S. The van der Waals surface area contributed by atoms with Crippen LogP contribution in [0.5, 0.6) is 0 Å². The molecule has 1 aliphatic rings. The van der Waals surface area contributed by atoms with E-state index in [2.05, 4.69) is 10.3 Å². The van der Waals surface area contributed by atoms with Crippen molar-refractivity contribution in [1.82, 2.24) is 14.6 Å². The van der Waals surface area contributed by atoms with Crippen molar-refractivity contribution in [3.8, 4) is 0 Å². The zero-order valence-electron chi connectivity index (χ0n) is 14.2. The second kappa shape index (κ2) is 9.69. The van der Waals surface area contributed by atoms with Gasteiger partial charge in [0.15, 0.2) is 0 Å². The van der Waals surface area contributed by atoms with Crippen LogP contribution in [-0.2, 0) is 10.0 Å². The van der Waals surface area contributed by atoms with Crippen molar-refractivity contribution in [2.45, 2.75) is 37.1 Å². The zero-order chi connectivity index (χ0) is 16.3. The van der Waals surface area contributed by atoms with Gasteiger partial charge < -0.3 is 5.32 Å². The molecule has 8 heteroatoms. The molecule has 3 rings (SSSR count). The normalized spacial score (nSPS) is 19.3. The van der Waals surface area contributed by atoms with Crippen LogP contribution in [0.2, 0.25) is 0 Å². The fraction of sp³-hybridized carbons (Fsp3) is 0.471. The Hall–Kier alpha value is -0.920. The lowest BCUT2D eigenvalue weighted by atomic mass is 10.2. The summed E-state index contributed by atoms with van der Waals surface area (Å²) in [4.78, 5) is 4.45. The molecule has 5 nitrogen and oxygen atoms in total. The van der Waals surface area contributed by atoms with Gasteiger partial charge in [0.1, 0.15) is 0 Å². The number of hydrogen-bond donors (Lipinski definition) is 1. The molecule has 0 bridgehead atoms. The molecule has 1 atom stereocenters. The molecule has 1 aliphatic heterocycles. The molecule has 0 spiro atoms. The van der Waals surface area contributed by atoms with Crippen LogP contribution in [0.1, 0.15) is 26.2 Å². The Morgan fingerprint density at radius 2 is 2.00 bits per heavy atom. The highest BCUT2D eigenvalue weighted by Crippen LogP contribution is 2.24. The summed E-state index contributed by atoms with van der Waals surface area (Å²) < 4.78 is 28.0. The van der Waals surface area contributed by atoms with Gasteiger partial charge in [-0.25, -0.2) is 8.42 Å². The summed E-state index contributed by atoms with van der Waals surface area (Å²) in [5.74, 6) is 0. The van der Waals surface area contributed by atoms with Crippen LogP contribution in [0.15, 0.2) is 41.6 Å². The van der Waals surface area contributed by atoms with E-state index in [9.17, 15) is 8.42 Å². The van der Waals surface area contributed by atoms with Gasteiger partial charge in [-0.3, -0.25) is 4.98 Å². The predicted octanol–water partition coefficient (Wildman–Crippen LogP) is 3.23. The Labute approximate surface area is 162 Å². The van der Waals surface area contributed by atoms with Gasteiger partial charge in [-0.2, -0.15) is 4.31 Å². The summed E-state index contributed by atoms with van der Waals surface area (Å²) in [5, 5.41) is 5.21. The van der Waals surface area contributed by atoms with Gasteiger partial charge in [-0.1, -0.05) is 13.0 Å². The quantitative estimate of drug-likeness (QED) is 0.850. The molecule has 2 heterocycles. The standard InChI is InChI=1S/C17H23N3O2S.2ClH/c1-2-16-13-18-8-3-4-10-20(16)23(21,22)17-6-5-15-12-19-9-7-14(15)11-17;;/h5-7,9,11-12,16,18H,2-4,8,10,13H2,1H3;2*1H. The number of nitrogens with zero attached hydrogens (tertiary/aromatic N) is 2. The molecule has 2 aromatic rings. The van der Waals surface area contributed by atoms with Gasteiger partial charge in [0.2, 0.25) is 10.0 Å². The topological polar surface area (TPSA) is 62.3 Å². The van der Waals surface area contributed by atoms with Crippen molar-refractivity contribution in [2.75, 3.05) is 19.6 Å². The number of benzene rings is 1. The number of sulfonamides is 1. The maximum absolute atomic E-state index is 13.1. The smallest absolute Gasteiger partial charge is 0.243 e.